The van der Waals surface area contributed by atoms with E-state index in [2.05, 4.69) is 0 Å². The molecule has 0 aromatic heterocycles. The van der Waals surface area contributed by atoms with Crippen molar-refractivity contribution in [3.63, 3.8) is 0 Å². The zero-order valence-electron chi connectivity index (χ0n) is 11.6. The van der Waals surface area contributed by atoms with Crippen LogP contribution in [0.2, 0.25) is 0 Å². The Balaban J connectivity index is 2.03. The van der Waals surface area contributed by atoms with E-state index in [1.807, 2.05) is 32.0 Å². The normalized spacial score (nSPS) is 17.1. The van der Waals surface area contributed by atoms with E-state index in [1.54, 1.807) is 4.90 Å². The molecule has 1 aliphatic carbocycles. The Bertz CT molecular complexity index is 455. The average molecular weight is 263 g/mol. The van der Waals surface area contributed by atoms with Crippen LogP contribution in [-0.4, -0.2) is 35.6 Å². The lowest BCUT2D eigenvalue weighted by Crippen LogP contribution is -2.34. The number of hydrogen-bond donors (Lipinski definition) is 1. The summed E-state index contributed by atoms with van der Waals surface area (Å²) in [5.41, 5.74) is 1.98. The first-order chi connectivity index (χ1) is 9.17. The minimum atomic E-state index is -0.392. The molecule has 1 aliphatic rings. The highest BCUT2D eigenvalue weighted by Gasteiger charge is 2.23. The molecule has 19 heavy (non-hydrogen) atoms. The number of amides is 1. The highest BCUT2D eigenvalue weighted by atomic mass is 16.5. The molecule has 1 aromatic carbocycles. The van der Waals surface area contributed by atoms with Crippen LogP contribution in [0, 0.1) is 0 Å². The van der Waals surface area contributed by atoms with Crippen LogP contribution in [0.4, 0.5) is 0 Å². The quantitative estimate of drug-likeness (QED) is 0.883. The average Bonchev–Trinajstić information content (AvgIpc) is 2.80. The third kappa shape index (κ3) is 2.89. The van der Waals surface area contributed by atoms with Crippen molar-refractivity contribution >= 4 is 5.91 Å². The van der Waals surface area contributed by atoms with Gasteiger partial charge in [-0.3, -0.25) is 4.79 Å². The van der Waals surface area contributed by atoms with Gasteiger partial charge in [0.2, 0.25) is 0 Å². The molecule has 1 unspecified atom stereocenters. The number of carbonyl (C=O) groups excluding carboxylic acids is 1. The standard InChI is InChI=1S/C15H21NO3/c1-3-16(4-2)15(18)10-19-14-7-5-6-11-12(14)8-9-13(11)17/h5-7,13,17H,3-4,8-10H2,1-2H3. The van der Waals surface area contributed by atoms with Crippen molar-refractivity contribution in [2.24, 2.45) is 0 Å². The topological polar surface area (TPSA) is 49.8 Å². The van der Waals surface area contributed by atoms with Crippen LogP contribution < -0.4 is 4.74 Å². The van der Waals surface area contributed by atoms with E-state index in [0.29, 0.717) is 13.1 Å². The van der Waals surface area contributed by atoms with Gasteiger partial charge >= 0.3 is 0 Å². The van der Waals surface area contributed by atoms with Crippen LogP contribution in [0.15, 0.2) is 18.2 Å². The highest BCUT2D eigenvalue weighted by molar-refractivity contribution is 5.77. The van der Waals surface area contributed by atoms with Crippen LogP contribution in [0.1, 0.15) is 37.5 Å². The maximum Gasteiger partial charge on any atom is 0.260 e. The molecular formula is C15H21NO3. The van der Waals surface area contributed by atoms with Gasteiger partial charge in [-0.25, -0.2) is 0 Å². The first-order valence-electron chi connectivity index (χ1n) is 6.87. The monoisotopic (exact) mass is 263 g/mol. The van der Waals surface area contributed by atoms with Gasteiger partial charge < -0.3 is 14.7 Å². The van der Waals surface area contributed by atoms with Crippen LogP contribution in [0.5, 0.6) is 5.75 Å². The number of carbonyl (C=O) groups is 1. The lowest BCUT2D eigenvalue weighted by atomic mass is 10.1. The molecule has 2 rings (SSSR count). The molecule has 1 N–H and O–H groups in total. The van der Waals surface area contributed by atoms with E-state index in [4.69, 9.17) is 4.74 Å². The van der Waals surface area contributed by atoms with Crippen molar-refractivity contribution < 1.29 is 14.6 Å². The number of rotatable bonds is 5. The Morgan fingerprint density at radius 1 is 1.42 bits per heavy atom. The van der Waals surface area contributed by atoms with Crippen LogP contribution >= 0.6 is 0 Å². The van der Waals surface area contributed by atoms with Gasteiger partial charge in [0.25, 0.3) is 5.91 Å². The minimum Gasteiger partial charge on any atom is -0.483 e. The summed E-state index contributed by atoms with van der Waals surface area (Å²) in [5, 5.41) is 9.82. The first-order valence-corrected chi connectivity index (χ1v) is 6.87. The van der Waals surface area contributed by atoms with Gasteiger partial charge in [-0.1, -0.05) is 12.1 Å². The predicted octanol–water partition coefficient (Wildman–Crippen LogP) is 1.91. The fourth-order valence-corrected chi connectivity index (χ4v) is 2.54. The second-order valence-corrected chi connectivity index (χ2v) is 4.73. The predicted molar refractivity (Wildman–Crippen MR) is 73.1 cm³/mol. The maximum atomic E-state index is 11.9. The molecule has 0 spiro atoms. The Labute approximate surface area is 114 Å². The first kappa shape index (κ1) is 13.9. The van der Waals surface area contributed by atoms with Crippen molar-refractivity contribution in [1.29, 1.82) is 0 Å². The molecule has 0 heterocycles. The smallest absolute Gasteiger partial charge is 0.260 e. The fraction of sp³-hybridized carbons (Fsp3) is 0.533. The lowest BCUT2D eigenvalue weighted by Gasteiger charge is -2.19. The van der Waals surface area contributed by atoms with E-state index in [0.717, 1.165) is 29.7 Å². The zero-order valence-corrected chi connectivity index (χ0v) is 11.6. The molecule has 0 bridgehead atoms. The lowest BCUT2D eigenvalue weighted by molar-refractivity contribution is -0.132. The van der Waals surface area contributed by atoms with Gasteiger partial charge in [0.15, 0.2) is 6.61 Å². The van der Waals surface area contributed by atoms with Gasteiger partial charge in [-0.15, -0.1) is 0 Å². The Morgan fingerprint density at radius 2 is 2.16 bits per heavy atom. The van der Waals surface area contributed by atoms with Gasteiger partial charge in [-0.05, 0) is 38.3 Å². The fourth-order valence-electron chi connectivity index (χ4n) is 2.54. The summed E-state index contributed by atoms with van der Waals surface area (Å²) in [5.74, 6) is 0.732. The number of nitrogens with zero attached hydrogens (tertiary/aromatic N) is 1. The molecule has 1 amide bonds. The Kier molecular flexibility index (Phi) is 4.43. The zero-order chi connectivity index (χ0) is 13.8. The SMILES string of the molecule is CCN(CC)C(=O)COc1cccc2c1CCC2O. The number of likely N-dealkylation sites (N-methyl/N-ethyl adjacent to an activating group) is 1. The number of fused-ring (bicyclic) bond motifs is 1. The molecule has 0 fully saturated rings. The van der Waals surface area contributed by atoms with E-state index in [1.165, 1.54) is 0 Å². The Morgan fingerprint density at radius 3 is 2.84 bits per heavy atom. The number of aliphatic hydroxyl groups excluding tert-OH is 1. The van der Waals surface area contributed by atoms with Gasteiger partial charge in [0, 0.05) is 18.7 Å². The van der Waals surface area contributed by atoms with E-state index in [-0.39, 0.29) is 12.5 Å². The highest BCUT2D eigenvalue weighted by Crippen LogP contribution is 2.36. The number of aliphatic hydroxyl groups is 1. The van der Waals surface area contributed by atoms with Gasteiger partial charge in [-0.2, -0.15) is 0 Å². The summed E-state index contributed by atoms with van der Waals surface area (Å²) >= 11 is 0. The largest absolute Gasteiger partial charge is 0.483 e. The molecule has 1 atom stereocenters. The maximum absolute atomic E-state index is 11.9. The number of benzene rings is 1. The summed E-state index contributed by atoms with van der Waals surface area (Å²) in [6.07, 6.45) is 1.16. The van der Waals surface area contributed by atoms with Crippen LogP contribution in [0.25, 0.3) is 0 Å². The second-order valence-electron chi connectivity index (χ2n) is 4.73. The van der Waals surface area contributed by atoms with Crippen molar-refractivity contribution in [3.05, 3.63) is 29.3 Å². The molecule has 0 saturated carbocycles. The summed E-state index contributed by atoms with van der Waals surface area (Å²) in [6, 6.07) is 5.66. The third-order valence-corrected chi connectivity index (χ3v) is 3.66. The molecular weight excluding hydrogens is 242 g/mol. The molecule has 1 aromatic rings. The van der Waals surface area contributed by atoms with E-state index >= 15 is 0 Å². The van der Waals surface area contributed by atoms with Crippen molar-refractivity contribution in [2.45, 2.75) is 32.8 Å². The molecule has 4 nitrogen and oxygen atoms in total. The van der Waals surface area contributed by atoms with Crippen molar-refractivity contribution in [3.8, 4) is 5.75 Å². The Hall–Kier alpha value is -1.55. The molecule has 4 heteroatoms. The van der Waals surface area contributed by atoms with Gasteiger partial charge in [0.05, 0.1) is 6.10 Å². The molecule has 0 aliphatic heterocycles. The molecule has 0 saturated heterocycles. The second kappa shape index (κ2) is 6.06. The third-order valence-electron chi connectivity index (χ3n) is 3.66. The summed E-state index contributed by atoms with van der Waals surface area (Å²) in [7, 11) is 0. The van der Waals surface area contributed by atoms with Crippen LogP contribution in [-0.2, 0) is 11.2 Å². The molecule has 104 valence electrons. The summed E-state index contributed by atoms with van der Waals surface area (Å²) in [4.78, 5) is 13.6. The number of hydrogen-bond acceptors (Lipinski definition) is 3. The number of ether oxygens (including phenoxy) is 1. The van der Waals surface area contributed by atoms with E-state index in [9.17, 15) is 9.90 Å². The molecule has 0 radical (unpaired) electrons. The summed E-state index contributed by atoms with van der Waals surface area (Å²) < 4.78 is 5.64. The van der Waals surface area contributed by atoms with Gasteiger partial charge in [0.1, 0.15) is 5.75 Å². The van der Waals surface area contributed by atoms with Crippen LogP contribution in [0.3, 0.4) is 0 Å². The van der Waals surface area contributed by atoms with E-state index < -0.39 is 6.10 Å². The van der Waals surface area contributed by atoms with Crippen molar-refractivity contribution in [1.82, 2.24) is 4.90 Å². The minimum absolute atomic E-state index is 0.00106. The van der Waals surface area contributed by atoms with Crippen molar-refractivity contribution in [2.75, 3.05) is 19.7 Å². The summed E-state index contributed by atoms with van der Waals surface area (Å²) in [6.45, 7) is 5.37.